The van der Waals surface area contributed by atoms with E-state index in [1.165, 1.54) is 18.2 Å². The van der Waals surface area contributed by atoms with Crippen LogP contribution in [0.25, 0.3) is 0 Å². The predicted molar refractivity (Wildman–Crippen MR) is 73.4 cm³/mol. The van der Waals surface area contributed by atoms with Crippen LogP contribution in [0, 0.1) is 16.0 Å². The summed E-state index contributed by atoms with van der Waals surface area (Å²) in [5.74, 6) is -0.00799. The van der Waals surface area contributed by atoms with Crippen LogP contribution in [0.4, 0.5) is 5.69 Å². The standard InChI is InChI=1S/C12H15N3O3.ClH/c13-7-10(8-5-6-8)14-12(16)9-3-1-2-4-11(9)15(17)18;/h1-4,8,10H,5-7,13H2,(H,14,16);1H. The van der Waals surface area contributed by atoms with E-state index in [-0.39, 0.29) is 29.7 Å². The molecule has 0 heterocycles. The molecule has 104 valence electrons. The number of benzene rings is 1. The van der Waals surface area contributed by atoms with Crippen LogP contribution in [0.15, 0.2) is 24.3 Å². The molecular formula is C12H16ClN3O3. The van der Waals surface area contributed by atoms with Crippen molar-refractivity contribution >= 4 is 24.0 Å². The molecule has 2 rings (SSSR count). The smallest absolute Gasteiger partial charge is 0.282 e. The Balaban J connectivity index is 0.00000180. The number of nitrogens with zero attached hydrogens (tertiary/aromatic N) is 1. The second-order valence-corrected chi connectivity index (χ2v) is 4.43. The van der Waals surface area contributed by atoms with E-state index in [1.807, 2.05) is 0 Å². The van der Waals surface area contributed by atoms with Crippen molar-refractivity contribution in [3.8, 4) is 0 Å². The SMILES string of the molecule is Cl.NCC(NC(=O)c1ccccc1[N+](=O)[O-])C1CC1. The quantitative estimate of drug-likeness (QED) is 0.632. The van der Waals surface area contributed by atoms with Gasteiger partial charge in [-0.15, -0.1) is 12.4 Å². The summed E-state index contributed by atoms with van der Waals surface area (Å²) in [4.78, 5) is 22.3. The number of nitro groups is 1. The molecule has 0 bridgehead atoms. The minimum Gasteiger partial charge on any atom is -0.348 e. The number of para-hydroxylation sites is 1. The molecule has 1 aliphatic carbocycles. The molecule has 1 unspecified atom stereocenters. The fourth-order valence-electron chi connectivity index (χ4n) is 1.94. The fourth-order valence-corrected chi connectivity index (χ4v) is 1.94. The molecule has 1 saturated carbocycles. The fraction of sp³-hybridized carbons (Fsp3) is 0.417. The van der Waals surface area contributed by atoms with E-state index >= 15 is 0 Å². The van der Waals surface area contributed by atoms with Crippen LogP contribution in [0.1, 0.15) is 23.2 Å². The van der Waals surface area contributed by atoms with Gasteiger partial charge < -0.3 is 11.1 Å². The van der Waals surface area contributed by atoms with Gasteiger partial charge in [-0.05, 0) is 24.8 Å². The first kappa shape index (κ1) is 15.4. The summed E-state index contributed by atoms with van der Waals surface area (Å²) in [5.41, 5.74) is 5.50. The van der Waals surface area contributed by atoms with Crippen molar-refractivity contribution in [3.63, 3.8) is 0 Å². The molecule has 1 atom stereocenters. The first-order valence-corrected chi connectivity index (χ1v) is 5.88. The number of nitrogens with one attached hydrogen (secondary N) is 1. The normalized spacial score (nSPS) is 15.2. The largest absolute Gasteiger partial charge is 0.348 e. The van der Waals surface area contributed by atoms with Gasteiger partial charge in [0, 0.05) is 18.7 Å². The number of carbonyl (C=O) groups is 1. The van der Waals surface area contributed by atoms with Gasteiger partial charge >= 0.3 is 0 Å². The van der Waals surface area contributed by atoms with E-state index in [9.17, 15) is 14.9 Å². The number of amides is 1. The topological polar surface area (TPSA) is 98.3 Å². The lowest BCUT2D eigenvalue weighted by atomic mass is 10.1. The number of hydrogen-bond acceptors (Lipinski definition) is 4. The predicted octanol–water partition coefficient (Wildman–Crippen LogP) is 1.48. The zero-order valence-corrected chi connectivity index (χ0v) is 11.1. The molecular weight excluding hydrogens is 270 g/mol. The molecule has 19 heavy (non-hydrogen) atoms. The van der Waals surface area contributed by atoms with Crippen LogP contribution < -0.4 is 11.1 Å². The number of nitro benzene ring substituents is 1. The van der Waals surface area contributed by atoms with Crippen LogP contribution in [0.2, 0.25) is 0 Å². The minimum atomic E-state index is -0.552. The van der Waals surface area contributed by atoms with Gasteiger partial charge in [0.25, 0.3) is 11.6 Å². The number of rotatable bonds is 5. The van der Waals surface area contributed by atoms with E-state index in [0.717, 1.165) is 12.8 Å². The van der Waals surface area contributed by atoms with Gasteiger partial charge in [-0.2, -0.15) is 0 Å². The third-order valence-electron chi connectivity index (χ3n) is 3.11. The average molecular weight is 286 g/mol. The van der Waals surface area contributed by atoms with Crippen LogP contribution in [0.5, 0.6) is 0 Å². The molecule has 6 nitrogen and oxygen atoms in total. The minimum absolute atomic E-state index is 0. The molecule has 0 aliphatic heterocycles. The Morgan fingerprint density at radius 1 is 1.47 bits per heavy atom. The number of nitrogens with two attached hydrogens (primary N) is 1. The summed E-state index contributed by atoms with van der Waals surface area (Å²) in [7, 11) is 0. The highest BCUT2D eigenvalue weighted by Crippen LogP contribution is 2.32. The van der Waals surface area contributed by atoms with E-state index in [4.69, 9.17) is 5.73 Å². The van der Waals surface area contributed by atoms with E-state index in [2.05, 4.69) is 5.32 Å². The maximum Gasteiger partial charge on any atom is 0.282 e. The van der Waals surface area contributed by atoms with Crippen molar-refractivity contribution in [2.45, 2.75) is 18.9 Å². The van der Waals surface area contributed by atoms with E-state index in [1.54, 1.807) is 6.07 Å². The molecule has 0 saturated heterocycles. The summed E-state index contributed by atoms with van der Waals surface area (Å²) in [5, 5.41) is 13.6. The van der Waals surface area contributed by atoms with Gasteiger partial charge in [-0.1, -0.05) is 12.1 Å². The van der Waals surface area contributed by atoms with Crippen LogP contribution in [-0.4, -0.2) is 23.4 Å². The van der Waals surface area contributed by atoms with E-state index < -0.39 is 10.8 Å². The molecule has 1 aromatic rings. The highest BCUT2D eigenvalue weighted by Gasteiger charge is 2.32. The zero-order chi connectivity index (χ0) is 13.1. The highest BCUT2D eigenvalue weighted by atomic mass is 35.5. The Hall–Kier alpha value is -1.66. The molecule has 0 aromatic heterocycles. The van der Waals surface area contributed by atoms with Crippen molar-refractivity contribution in [1.82, 2.24) is 5.32 Å². The van der Waals surface area contributed by atoms with Crippen LogP contribution >= 0.6 is 12.4 Å². The van der Waals surface area contributed by atoms with E-state index in [0.29, 0.717) is 12.5 Å². The van der Waals surface area contributed by atoms with Crippen molar-refractivity contribution in [1.29, 1.82) is 0 Å². The molecule has 0 spiro atoms. The first-order valence-electron chi connectivity index (χ1n) is 5.88. The Labute approximate surface area is 116 Å². The lowest BCUT2D eigenvalue weighted by Gasteiger charge is -2.15. The molecule has 0 radical (unpaired) electrons. The van der Waals surface area contributed by atoms with Crippen molar-refractivity contribution in [3.05, 3.63) is 39.9 Å². The summed E-state index contributed by atoms with van der Waals surface area (Å²) in [6.07, 6.45) is 2.11. The molecule has 7 heteroatoms. The molecule has 3 N–H and O–H groups in total. The molecule has 1 aliphatic rings. The maximum atomic E-state index is 12.0. The average Bonchev–Trinajstić information content (AvgIpc) is 3.19. The summed E-state index contributed by atoms with van der Waals surface area (Å²) in [6.45, 7) is 0.358. The van der Waals surface area contributed by atoms with Gasteiger partial charge in [-0.25, -0.2) is 0 Å². The van der Waals surface area contributed by atoms with Crippen molar-refractivity contribution in [2.24, 2.45) is 11.7 Å². The summed E-state index contributed by atoms with van der Waals surface area (Å²) >= 11 is 0. The Morgan fingerprint density at radius 3 is 2.63 bits per heavy atom. The van der Waals surface area contributed by atoms with Gasteiger partial charge in [0.2, 0.25) is 0 Å². The van der Waals surface area contributed by atoms with Gasteiger partial charge in [0.15, 0.2) is 0 Å². The van der Waals surface area contributed by atoms with Gasteiger partial charge in [0.05, 0.1) is 4.92 Å². The lowest BCUT2D eigenvalue weighted by Crippen LogP contribution is -2.41. The molecule has 1 fully saturated rings. The molecule has 1 amide bonds. The number of halogens is 1. The van der Waals surface area contributed by atoms with Crippen molar-refractivity contribution in [2.75, 3.05) is 6.54 Å². The van der Waals surface area contributed by atoms with Gasteiger partial charge in [0.1, 0.15) is 5.56 Å². The number of hydrogen-bond donors (Lipinski definition) is 2. The zero-order valence-electron chi connectivity index (χ0n) is 10.2. The third kappa shape index (κ3) is 3.65. The maximum absolute atomic E-state index is 12.0. The third-order valence-corrected chi connectivity index (χ3v) is 3.11. The monoisotopic (exact) mass is 285 g/mol. The summed E-state index contributed by atoms with van der Waals surface area (Å²) in [6, 6.07) is 5.83. The summed E-state index contributed by atoms with van der Waals surface area (Å²) < 4.78 is 0. The van der Waals surface area contributed by atoms with Crippen LogP contribution in [0.3, 0.4) is 0 Å². The van der Waals surface area contributed by atoms with Crippen molar-refractivity contribution < 1.29 is 9.72 Å². The lowest BCUT2D eigenvalue weighted by molar-refractivity contribution is -0.385. The number of carbonyl (C=O) groups excluding carboxylic acids is 1. The molecule has 1 aromatic carbocycles. The Kier molecular flexibility index (Phi) is 5.26. The van der Waals surface area contributed by atoms with Gasteiger partial charge in [-0.3, -0.25) is 14.9 Å². The first-order chi connectivity index (χ1) is 8.63. The Morgan fingerprint density at radius 2 is 2.11 bits per heavy atom. The highest BCUT2D eigenvalue weighted by molar-refractivity contribution is 5.98. The second-order valence-electron chi connectivity index (χ2n) is 4.43. The Bertz CT molecular complexity index is 477. The second kappa shape index (κ2) is 6.49. The van der Waals surface area contributed by atoms with Crippen LogP contribution in [-0.2, 0) is 0 Å².